The van der Waals surface area contributed by atoms with Gasteiger partial charge >= 0.3 is 0 Å². The van der Waals surface area contributed by atoms with Crippen molar-refractivity contribution in [1.82, 2.24) is 4.90 Å². The first-order valence-electron chi connectivity index (χ1n) is 11.8. The summed E-state index contributed by atoms with van der Waals surface area (Å²) in [4.78, 5) is 15.3. The lowest BCUT2D eigenvalue weighted by atomic mass is 9.82. The van der Waals surface area contributed by atoms with Gasteiger partial charge in [-0.2, -0.15) is 5.26 Å². The average Bonchev–Trinajstić information content (AvgIpc) is 2.83. The maximum atomic E-state index is 14.2. The van der Waals surface area contributed by atoms with Crippen LogP contribution in [0.2, 0.25) is 0 Å². The summed E-state index contributed by atoms with van der Waals surface area (Å²) in [5, 5.41) is 8.89. The fourth-order valence-corrected chi connectivity index (χ4v) is 4.84. The lowest BCUT2D eigenvalue weighted by molar-refractivity contribution is -0.0626. The van der Waals surface area contributed by atoms with E-state index in [0.29, 0.717) is 42.0 Å². The molecule has 3 unspecified atom stereocenters. The number of nitriles is 1. The van der Waals surface area contributed by atoms with Crippen molar-refractivity contribution in [2.45, 2.75) is 32.0 Å². The van der Waals surface area contributed by atoms with Gasteiger partial charge in [0.05, 0.1) is 17.7 Å². The Hall–Kier alpha value is -3.43. The highest BCUT2D eigenvalue weighted by Crippen LogP contribution is 2.31. The van der Waals surface area contributed by atoms with Crippen molar-refractivity contribution in [2.75, 3.05) is 19.7 Å². The van der Waals surface area contributed by atoms with Crippen LogP contribution < -0.4 is 4.74 Å². The summed E-state index contributed by atoms with van der Waals surface area (Å²) in [5.74, 6) is 0.715. The maximum absolute atomic E-state index is 14.2. The molecule has 2 heterocycles. The fraction of sp³-hybridized carbons (Fsp3) is 0.357. The van der Waals surface area contributed by atoms with Gasteiger partial charge in [-0.05, 0) is 55.0 Å². The van der Waals surface area contributed by atoms with Crippen molar-refractivity contribution < 1.29 is 18.7 Å². The molecule has 5 nitrogen and oxygen atoms in total. The third-order valence-corrected chi connectivity index (χ3v) is 6.96. The second kappa shape index (κ2) is 9.82. The Labute approximate surface area is 199 Å². The molecule has 1 saturated heterocycles. The number of hydrogen-bond acceptors (Lipinski definition) is 4. The van der Waals surface area contributed by atoms with Crippen LogP contribution in [0, 0.1) is 29.0 Å². The number of carbonyl (C=O) groups excluding carboxylic acids is 1. The smallest absolute Gasteiger partial charge is 0.254 e. The Kier molecular flexibility index (Phi) is 6.46. The van der Waals surface area contributed by atoms with Gasteiger partial charge in [0.15, 0.2) is 0 Å². The van der Waals surface area contributed by atoms with E-state index in [0.717, 1.165) is 31.4 Å². The normalized spacial score (nSPS) is 23.2. The van der Waals surface area contributed by atoms with Crippen molar-refractivity contribution in [3.05, 3.63) is 88.8 Å². The first-order chi connectivity index (χ1) is 16.6. The van der Waals surface area contributed by atoms with Crippen LogP contribution in [-0.4, -0.2) is 36.6 Å². The summed E-state index contributed by atoms with van der Waals surface area (Å²) in [6.07, 6.45) is 11.9. The Morgan fingerprint density at radius 3 is 2.71 bits per heavy atom. The van der Waals surface area contributed by atoms with Crippen molar-refractivity contribution in [1.29, 1.82) is 5.26 Å². The molecule has 1 aliphatic carbocycles. The van der Waals surface area contributed by atoms with Crippen LogP contribution in [0.3, 0.4) is 0 Å². The minimum atomic E-state index is -0.476. The van der Waals surface area contributed by atoms with Crippen LogP contribution in [0.5, 0.6) is 5.75 Å². The van der Waals surface area contributed by atoms with Gasteiger partial charge in [-0.3, -0.25) is 4.79 Å². The number of ether oxygens (including phenoxy) is 2. The highest BCUT2D eigenvalue weighted by molar-refractivity contribution is 5.97. The quantitative estimate of drug-likeness (QED) is 0.597. The van der Waals surface area contributed by atoms with Gasteiger partial charge in [-0.25, -0.2) is 4.39 Å². The molecule has 2 aliphatic heterocycles. The van der Waals surface area contributed by atoms with Gasteiger partial charge in [0.25, 0.3) is 5.91 Å². The zero-order valence-electron chi connectivity index (χ0n) is 19.0. The first kappa shape index (κ1) is 22.4. The average molecular weight is 459 g/mol. The predicted molar refractivity (Wildman–Crippen MR) is 126 cm³/mol. The molecule has 1 fully saturated rings. The monoisotopic (exact) mass is 458 g/mol. The molecule has 0 bridgehead atoms. The van der Waals surface area contributed by atoms with E-state index in [1.807, 2.05) is 23.1 Å². The summed E-state index contributed by atoms with van der Waals surface area (Å²) >= 11 is 0. The van der Waals surface area contributed by atoms with E-state index in [9.17, 15) is 9.18 Å². The standard InChI is InChI=1S/C28H27FN2O3/c29-27-13-19(16-30)5-6-23(27)18-34-24-8-7-20-9-11-31(28(32)26(20)15-24)17-22-4-2-1-3-21(22)14-25-10-12-33-25/h1-8,13,15,21-22,25H,9-12,14,17-18H2. The number of hydrogen-bond donors (Lipinski definition) is 0. The molecule has 0 N–H and O–H groups in total. The molecule has 5 rings (SSSR count). The number of halogens is 1. The molecule has 3 aliphatic rings. The lowest BCUT2D eigenvalue weighted by Gasteiger charge is -2.36. The van der Waals surface area contributed by atoms with Gasteiger partial charge in [-0.1, -0.05) is 36.4 Å². The molecule has 2 aromatic rings. The zero-order chi connectivity index (χ0) is 23.5. The van der Waals surface area contributed by atoms with Crippen LogP contribution in [0.1, 0.15) is 39.9 Å². The number of nitrogens with zero attached hydrogens (tertiary/aromatic N) is 2. The van der Waals surface area contributed by atoms with Crippen LogP contribution in [0.15, 0.2) is 60.7 Å². The van der Waals surface area contributed by atoms with Crippen molar-refractivity contribution in [2.24, 2.45) is 11.8 Å². The predicted octanol–water partition coefficient (Wildman–Crippen LogP) is 4.81. The van der Waals surface area contributed by atoms with E-state index in [-0.39, 0.29) is 24.0 Å². The highest BCUT2D eigenvalue weighted by Gasteiger charge is 2.31. The molecule has 1 amide bonds. The first-order valence-corrected chi connectivity index (χ1v) is 11.8. The summed E-state index contributed by atoms with van der Waals surface area (Å²) in [7, 11) is 0. The number of fused-ring (bicyclic) bond motifs is 1. The number of benzene rings is 2. The number of allylic oxidation sites excluding steroid dienone is 3. The van der Waals surface area contributed by atoms with Gasteiger partial charge < -0.3 is 14.4 Å². The molecule has 0 saturated carbocycles. The van der Waals surface area contributed by atoms with Crippen molar-refractivity contribution in [3.63, 3.8) is 0 Å². The molecule has 0 radical (unpaired) electrons. The molecular weight excluding hydrogens is 431 g/mol. The number of amides is 1. The Morgan fingerprint density at radius 2 is 1.97 bits per heavy atom. The van der Waals surface area contributed by atoms with Gasteiger partial charge in [-0.15, -0.1) is 0 Å². The van der Waals surface area contributed by atoms with E-state index in [4.69, 9.17) is 14.7 Å². The lowest BCUT2D eigenvalue weighted by Crippen LogP contribution is -2.42. The Balaban J connectivity index is 1.25. The summed E-state index contributed by atoms with van der Waals surface area (Å²) < 4.78 is 25.6. The molecular formula is C28H27FN2O3. The maximum Gasteiger partial charge on any atom is 0.254 e. The Bertz CT molecular complexity index is 1180. The zero-order valence-corrected chi connectivity index (χ0v) is 19.0. The van der Waals surface area contributed by atoms with E-state index in [1.165, 1.54) is 6.07 Å². The van der Waals surface area contributed by atoms with Gasteiger partial charge in [0, 0.05) is 36.7 Å². The van der Waals surface area contributed by atoms with E-state index in [1.54, 1.807) is 18.2 Å². The second-order valence-corrected chi connectivity index (χ2v) is 9.14. The SMILES string of the molecule is N#Cc1ccc(COc2ccc3c(c2)C(=O)N(CC2C=CC=CC2CC2CCO2)CC3)c(F)c1. The Morgan fingerprint density at radius 1 is 1.15 bits per heavy atom. The molecule has 3 atom stereocenters. The molecule has 0 spiro atoms. The van der Waals surface area contributed by atoms with E-state index in [2.05, 4.69) is 24.3 Å². The summed E-state index contributed by atoms with van der Waals surface area (Å²) in [6.45, 7) is 2.25. The molecule has 34 heavy (non-hydrogen) atoms. The summed E-state index contributed by atoms with van der Waals surface area (Å²) in [5.41, 5.74) is 2.30. The molecule has 2 aromatic carbocycles. The third kappa shape index (κ3) is 4.76. The van der Waals surface area contributed by atoms with Crippen LogP contribution >= 0.6 is 0 Å². The van der Waals surface area contributed by atoms with Crippen molar-refractivity contribution in [3.8, 4) is 11.8 Å². The van der Waals surface area contributed by atoms with Crippen LogP contribution in [0.25, 0.3) is 0 Å². The second-order valence-electron chi connectivity index (χ2n) is 9.14. The largest absolute Gasteiger partial charge is 0.489 e. The van der Waals surface area contributed by atoms with Crippen LogP contribution in [-0.2, 0) is 17.8 Å². The van der Waals surface area contributed by atoms with Crippen molar-refractivity contribution >= 4 is 5.91 Å². The van der Waals surface area contributed by atoms with E-state index >= 15 is 0 Å². The van der Waals surface area contributed by atoms with E-state index < -0.39 is 5.82 Å². The minimum Gasteiger partial charge on any atom is -0.489 e. The molecule has 6 heteroatoms. The third-order valence-electron chi connectivity index (χ3n) is 6.96. The minimum absolute atomic E-state index is 0.0119. The van der Waals surface area contributed by atoms with Gasteiger partial charge in [0.1, 0.15) is 18.2 Å². The summed E-state index contributed by atoms with van der Waals surface area (Å²) in [6, 6.07) is 11.8. The molecule has 174 valence electrons. The topological polar surface area (TPSA) is 62.6 Å². The fourth-order valence-electron chi connectivity index (χ4n) is 4.84. The number of carbonyl (C=O) groups is 1. The van der Waals surface area contributed by atoms with Crippen LogP contribution in [0.4, 0.5) is 4.39 Å². The number of rotatable bonds is 7. The highest BCUT2D eigenvalue weighted by atomic mass is 19.1. The molecule has 0 aromatic heterocycles. The van der Waals surface area contributed by atoms with Gasteiger partial charge in [0.2, 0.25) is 0 Å².